The molecule has 2 aliphatic heterocycles. The molecule has 2 aliphatic carbocycles. The van der Waals surface area contributed by atoms with Crippen molar-refractivity contribution in [3.05, 3.63) is 35.4 Å². The molecule has 7 unspecified atom stereocenters. The summed E-state index contributed by atoms with van der Waals surface area (Å²) >= 11 is 0. The first-order valence-electron chi connectivity index (χ1n) is 10.9. The number of rotatable bonds is 2. The van der Waals surface area contributed by atoms with E-state index in [1.807, 2.05) is 0 Å². The Kier molecular flexibility index (Phi) is 4.59. The highest BCUT2D eigenvalue weighted by atomic mass is 19.4. The number of aliphatic imine (C=N–C) groups is 1. The van der Waals surface area contributed by atoms with Gasteiger partial charge in [0, 0.05) is 37.7 Å². The van der Waals surface area contributed by atoms with Gasteiger partial charge in [-0.15, -0.1) is 0 Å². The molecule has 1 spiro atoms. The van der Waals surface area contributed by atoms with Crippen LogP contribution in [0.5, 0.6) is 0 Å². The summed E-state index contributed by atoms with van der Waals surface area (Å²) < 4.78 is 45.2. The van der Waals surface area contributed by atoms with E-state index < -0.39 is 11.7 Å². The molecule has 1 saturated heterocycles. The molecule has 1 aromatic rings. The van der Waals surface area contributed by atoms with Crippen molar-refractivity contribution in [2.45, 2.75) is 75.4 Å². The third-order valence-electron chi connectivity index (χ3n) is 7.76. The van der Waals surface area contributed by atoms with Crippen molar-refractivity contribution in [3.63, 3.8) is 0 Å². The van der Waals surface area contributed by atoms with Gasteiger partial charge >= 0.3 is 6.18 Å². The fourth-order valence-corrected chi connectivity index (χ4v) is 6.95. The number of nitrogens with zero attached hydrogens (tertiary/aromatic N) is 2. The molecule has 0 N–H and O–H groups in total. The van der Waals surface area contributed by atoms with Crippen LogP contribution < -0.4 is 0 Å². The summed E-state index contributed by atoms with van der Waals surface area (Å²) in [5, 5.41) is 0. The summed E-state index contributed by atoms with van der Waals surface area (Å²) in [6.45, 7) is 6.05. The van der Waals surface area contributed by atoms with Crippen molar-refractivity contribution in [3.8, 4) is 0 Å². The fourth-order valence-electron chi connectivity index (χ4n) is 6.95. The summed E-state index contributed by atoms with van der Waals surface area (Å²) in [7, 11) is 0. The molecule has 0 radical (unpaired) electrons. The maximum Gasteiger partial charge on any atom is 0.416 e. The average molecular weight is 406 g/mol. The molecular weight excluding hydrogens is 377 g/mol. The molecule has 6 heteroatoms. The van der Waals surface area contributed by atoms with Crippen molar-refractivity contribution in [1.29, 1.82) is 0 Å². The van der Waals surface area contributed by atoms with Crippen molar-refractivity contribution in [1.82, 2.24) is 4.90 Å². The van der Waals surface area contributed by atoms with E-state index in [2.05, 4.69) is 25.0 Å². The molecular formula is C23H29F3N2O. The van der Waals surface area contributed by atoms with Crippen LogP contribution in [0.15, 0.2) is 29.3 Å². The number of fused-ring (bicyclic) bond motifs is 3. The SMILES string of the molecule is CC1CN(C2CC=NC23C2CCC(C2)C3c2ccc(C(F)(F)F)cc2)CC(C)O1. The Bertz CT molecular complexity index is 782. The van der Waals surface area contributed by atoms with Crippen LogP contribution in [0, 0.1) is 11.8 Å². The molecule has 2 heterocycles. The molecule has 2 saturated carbocycles. The van der Waals surface area contributed by atoms with Gasteiger partial charge in [0.1, 0.15) is 0 Å². The minimum atomic E-state index is -4.29. The predicted molar refractivity (Wildman–Crippen MR) is 106 cm³/mol. The van der Waals surface area contributed by atoms with E-state index in [-0.39, 0.29) is 23.7 Å². The summed E-state index contributed by atoms with van der Waals surface area (Å²) in [5.41, 5.74) is 0.267. The smallest absolute Gasteiger partial charge is 0.373 e. The molecule has 1 aromatic carbocycles. The minimum absolute atomic E-state index is 0.194. The number of halogens is 3. The number of morpholine rings is 1. The van der Waals surface area contributed by atoms with E-state index >= 15 is 0 Å². The summed E-state index contributed by atoms with van der Waals surface area (Å²) in [5.74, 6) is 1.25. The quantitative estimate of drug-likeness (QED) is 0.697. The molecule has 4 aliphatic rings. The van der Waals surface area contributed by atoms with Crippen LogP contribution in [0.2, 0.25) is 0 Å². The first-order valence-corrected chi connectivity index (χ1v) is 10.9. The summed E-state index contributed by atoms with van der Waals surface area (Å²) in [6.07, 6.45) is 2.61. The fraction of sp³-hybridized carbons (Fsp3) is 0.696. The Morgan fingerprint density at radius 3 is 2.41 bits per heavy atom. The lowest BCUT2D eigenvalue weighted by atomic mass is 9.66. The first-order chi connectivity index (χ1) is 13.8. The second-order valence-corrected chi connectivity index (χ2v) is 9.53. The molecule has 158 valence electrons. The van der Waals surface area contributed by atoms with Crippen molar-refractivity contribution in [2.24, 2.45) is 16.8 Å². The predicted octanol–water partition coefficient (Wildman–Crippen LogP) is 4.91. The van der Waals surface area contributed by atoms with E-state index in [9.17, 15) is 13.2 Å². The summed E-state index contributed by atoms with van der Waals surface area (Å²) in [6, 6.07) is 6.25. The average Bonchev–Trinajstić information content (AvgIpc) is 3.36. The Labute approximate surface area is 170 Å². The molecule has 0 aromatic heterocycles. The highest BCUT2D eigenvalue weighted by Crippen LogP contribution is 2.64. The van der Waals surface area contributed by atoms with Gasteiger partial charge in [0.25, 0.3) is 0 Å². The molecule has 2 bridgehead atoms. The molecule has 5 rings (SSSR count). The van der Waals surface area contributed by atoms with Crippen LogP contribution in [0.25, 0.3) is 0 Å². The monoisotopic (exact) mass is 406 g/mol. The van der Waals surface area contributed by atoms with Crippen LogP contribution in [-0.4, -0.2) is 48.0 Å². The van der Waals surface area contributed by atoms with E-state index in [1.165, 1.54) is 18.6 Å². The lowest BCUT2D eigenvalue weighted by molar-refractivity contribution is -0.137. The number of ether oxygens (including phenoxy) is 1. The van der Waals surface area contributed by atoms with E-state index in [0.29, 0.717) is 17.9 Å². The van der Waals surface area contributed by atoms with Crippen LogP contribution >= 0.6 is 0 Å². The van der Waals surface area contributed by atoms with Gasteiger partial charge in [-0.05, 0) is 62.6 Å². The number of hydrogen-bond acceptors (Lipinski definition) is 3. The van der Waals surface area contributed by atoms with E-state index in [1.54, 1.807) is 12.1 Å². The largest absolute Gasteiger partial charge is 0.416 e. The van der Waals surface area contributed by atoms with Gasteiger partial charge in [0.05, 0.1) is 23.3 Å². The zero-order valence-corrected chi connectivity index (χ0v) is 17.0. The Morgan fingerprint density at radius 1 is 1.07 bits per heavy atom. The maximum absolute atomic E-state index is 13.1. The van der Waals surface area contributed by atoms with Crippen molar-refractivity contribution in [2.75, 3.05) is 13.1 Å². The topological polar surface area (TPSA) is 24.8 Å². The highest BCUT2D eigenvalue weighted by molar-refractivity contribution is 5.64. The van der Waals surface area contributed by atoms with Gasteiger partial charge in [-0.3, -0.25) is 9.89 Å². The van der Waals surface area contributed by atoms with Crippen LogP contribution in [0.3, 0.4) is 0 Å². The number of hydrogen-bond donors (Lipinski definition) is 0. The molecule has 3 fully saturated rings. The van der Waals surface area contributed by atoms with Crippen LogP contribution in [0.4, 0.5) is 13.2 Å². The lowest BCUT2D eigenvalue weighted by Crippen LogP contribution is -2.60. The second kappa shape index (κ2) is 6.81. The highest BCUT2D eigenvalue weighted by Gasteiger charge is 2.64. The van der Waals surface area contributed by atoms with E-state index in [4.69, 9.17) is 9.73 Å². The molecule has 7 atom stereocenters. The van der Waals surface area contributed by atoms with Gasteiger partial charge < -0.3 is 4.74 Å². The number of benzene rings is 1. The normalized spacial score (nSPS) is 42.2. The van der Waals surface area contributed by atoms with Gasteiger partial charge in [-0.2, -0.15) is 13.2 Å². The third kappa shape index (κ3) is 3.05. The number of alkyl halides is 3. The Morgan fingerprint density at radius 2 is 1.76 bits per heavy atom. The summed E-state index contributed by atoms with van der Waals surface area (Å²) in [4.78, 5) is 7.71. The standard InChI is InChI=1S/C23H29F3N2O/c1-14-12-28(13-15(2)29-14)20-9-10-27-22(20)19-8-5-17(11-19)21(22)16-3-6-18(7-4-16)23(24,25)26/h3-4,6-7,10,14-15,17,19-21H,5,8-9,11-13H2,1-2H3. The zero-order chi connectivity index (χ0) is 20.4. The molecule has 29 heavy (non-hydrogen) atoms. The van der Waals surface area contributed by atoms with Gasteiger partial charge in [-0.25, -0.2) is 0 Å². The molecule has 0 amide bonds. The van der Waals surface area contributed by atoms with Gasteiger partial charge in [-0.1, -0.05) is 12.1 Å². The lowest BCUT2D eigenvalue weighted by Gasteiger charge is -2.50. The van der Waals surface area contributed by atoms with E-state index in [0.717, 1.165) is 37.9 Å². The molecule has 3 nitrogen and oxygen atoms in total. The maximum atomic E-state index is 13.1. The van der Waals surface area contributed by atoms with Crippen LogP contribution in [-0.2, 0) is 10.9 Å². The van der Waals surface area contributed by atoms with Crippen molar-refractivity contribution < 1.29 is 17.9 Å². The third-order valence-corrected chi connectivity index (χ3v) is 7.76. The Hall–Kier alpha value is -1.40. The zero-order valence-electron chi connectivity index (χ0n) is 17.0. The second-order valence-electron chi connectivity index (χ2n) is 9.53. The minimum Gasteiger partial charge on any atom is -0.373 e. The van der Waals surface area contributed by atoms with Crippen LogP contribution in [0.1, 0.15) is 56.6 Å². The van der Waals surface area contributed by atoms with Gasteiger partial charge in [0.15, 0.2) is 0 Å². The van der Waals surface area contributed by atoms with Crippen molar-refractivity contribution >= 4 is 6.21 Å². The Balaban J connectivity index is 1.51. The van der Waals surface area contributed by atoms with Gasteiger partial charge in [0.2, 0.25) is 0 Å². The first kappa shape index (κ1) is 19.6.